The first kappa shape index (κ1) is 30.1. The van der Waals surface area contributed by atoms with E-state index in [1.807, 2.05) is 32.9 Å². The smallest absolute Gasteiger partial charge is 0.264 e. The number of amides is 1. The summed E-state index contributed by atoms with van der Waals surface area (Å²) in [5.41, 5.74) is 3.73. The number of sulfonamides is 2. The van der Waals surface area contributed by atoms with Crippen molar-refractivity contribution in [3.63, 3.8) is 0 Å². The topological polar surface area (TPSA) is 113 Å². The number of rotatable bonds is 10. The minimum absolute atomic E-state index is 0.0215. The van der Waals surface area contributed by atoms with E-state index in [0.29, 0.717) is 22.1 Å². The number of benzene rings is 4. The molecule has 0 bridgehead atoms. The van der Waals surface area contributed by atoms with Gasteiger partial charge in [0.1, 0.15) is 6.54 Å². The first-order valence-electron chi connectivity index (χ1n) is 12.8. The van der Waals surface area contributed by atoms with Crippen molar-refractivity contribution in [1.82, 2.24) is 0 Å². The number of hydrogen-bond donors (Lipinski definition) is 2. The van der Waals surface area contributed by atoms with Crippen LogP contribution in [-0.4, -0.2) is 29.3 Å². The zero-order chi connectivity index (χ0) is 29.8. The van der Waals surface area contributed by atoms with E-state index in [0.717, 1.165) is 27.4 Å². The monoisotopic (exact) mass is 611 g/mol. The minimum Gasteiger partial charge on any atom is -0.325 e. The van der Waals surface area contributed by atoms with E-state index in [9.17, 15) is 21.6 Å². The normalized spacial score (nSPS) is 11.6. The molecule has 8 nitrogen and oxygen atoms in total. The third kappa shape index (κ3) is 7.27. The predicted octanol–water partition coefficient (Wildman–Crippen LogP) is 6.15. The van der Waals surface area contributed by atoms with E-state index in [1.165, 1.54) is 42.5 Å². The van der Waals surface area contributed by atoms with Gasteiger partial charge in [0.2, 0.25) is 5.91 Å². The third-order valence-corrected chi connectivity index (χ3v) is 9.99. The van der Waals surface area contributed by atoms with Crippen LogP contribution in [0.25, 0.3) is 0 Å². The van der Waals surface area contributed by atoms with Crippen LogP contribution < -0.4 is 14.3 Å². The molecule has 0 heterocycles. The Bertz CT molecular complexity index is 1760. The zero-order valence-electron chi connectivity index (χ0n) is 22.8. The molecule has 4 aromatic rings. The standard InChI is InChI=1S/C30H30ClN3O5S2/c1-4-23-8-13-26(14-9-23)34(41(38,39)28-15-5-21(2)6-16-28)20-30(35)32-24-11-17-27(18-12-24)40(36,37)33-25-10-7-22(3)29(31)19-25/h5-19,33H,4,20H2,1-3H3,(H,32,35). The first-order chi connectivity index (χ1) is 19.4. The summed E-state index contributed by atoms with van der Waals surface area (Å²) in [6, 6.07) is 23.8. The average molecular weight is 612 g/mol. The van der Waals surface area contributed by atoms with Crippen LogP contribution in [0.5, 0.6) is 0 Å². The molecule has 0 aliphatic rings. The van der Waals surface area contributed by atoms with Gasteiger partial charge in [-0.25, -0.2) is 16.8 Å². The van der Waals surface area contributed by atoms with Crippen molar-refractivity contribution in [1.29, 1.82) is 0 Å². The fourth-order valence-electron chi connectivity index (χ4n) is 3.97. The maximum Gasteiger partial charge on any atom is 0.264 e. The SMILES string of the molecule is CCc1ccc(N(CC(=O)Nc2ccc(S(=O)(=O)Nc3ccc(C)c(Cl)c3)cc2)S(=O)(=O)c2ccc(C)cc2)cc1. The van der Waals surface area contributed by atoms with E-state index in [1.54, 1.807) is 36.4 Å². The van der Waals surface area contributed by atoms with Crippen molar-refractivity contribution >= 4 is 54.6 Å². The molecule has 0 radical (unpaired) electrons. The Labute approximate surface area is 246 Å². The molecule has 11 heteroatoms. The summed E-state index contributed by atoms with van der Waals surface area (Å²) in [4.78, 5) is 13.1. The van der Waals surface area contributed by atoms with Gasteiger partial charge in [0, 0.05) is 10.7 Å². The molecule has 0 saturated heterocycles. The molecule has 0 aliphatic carbocycles. The number of anilines is 3. The second-order valence-corrected chi connectivity index (χ2v) is 13.4. The van der Waals surface area contributed by atoms with Crippen LogP contribution in [0.2, 0.25) is 5.02 Å². The first-order valence-corrected chi connectivity index (χ1v) is 16.1. The quantitative estimate of drug-likeness (QED) is 0.223. The molecule has 1 amide bonds. The summed E-state index contributed by atoms with van der Waals surface area (Å²) in [5, 5.41) is 3.10. The molecule has 4 rings (SSSR count). The van der Waals surface area contributed by atoms with Gasteiger partial charge in [0.05, 0.1) is 21.2 Å². The number of nitrogens with zero attached hydrogens (tertiary/aromatic N) is 1. The van der Waals surface area contributed by atoms with Crippen LogP contribution in [0.1, 0.15) is 23.6 Å². The summed E-state index contributed by atoms with van der Waals surface area (Å²) in [6.45, 7) is 5.17. The van der Waals surface area contributed by atoms with Crippen LogP contribution in [0.15, 0.2) is 101 Å². The Morgan fingerprint density at radius 3 is 1.95 bits per heavy atom. The highest BCUT2D eigenvalue weighted by Crippen LogP contribution is 2.26. The average Bonchev–Trinajstić information content (AvgIpc) is 2.94. The zero-order valence-corrected chi connectivity index (χ0v) is 25.1. The van der Waals surface area contributed by atoms with E-state index in [-0.39, 0.29) is 9.79 Å². The Hall–Kier alpha value is -3.86. The highest BCUT2D eigenvalue weighted by molar-refractivity contribution is 7.93. The molecule has 4 aromatic carbocycles. The Morgan fingerprint density at radius 1 is 0.780 bits per heavy atom. The number of carbonyl (C=O) groups is 1. The summed E-state index contributed by atoms with van der Waals surface area (Å²) in [7, 11) is -7.97. The van der Waals surface area contributed by atoms with Crippen molar-refractivity contribution in [2.24, 2.45) is 0 Å². The van der Waals surface area contributed by atoms with Crippen molar-refractivity contribution in [3.05, 3.63) is 113 Å². The molecule has 0 aliphatic heterocycles. The maximum absolute atomic E-state index is 13.6. The number of nitrogens with one attached hydrogen (secondary N) is 2. The minimum atomic E-state index is -4.06. The van der Waals surface area contributed by atoms with Gasteiger partial charge in [-0.15, -0.1) is 0 Å². The van der Waals surface area contributed by atoms with Gasteiger partial charge in [0.15, 0.2) is 0 Å². The van der Waals surface area contributed by atoms with Crippen molar-refractivity contribution in [2.75, 3.05) is 20.9 Å². The molecule has 0 unspecified atom stereocenters. The molecule has 0 saturated carbocycles. The summed E-state index contributed by atoms with van der Waals surface area (Å²) in [5.74, 6) is -0.594. The number of aryl methyl sites for hydroxylation is 3. The van der Waals surface area contributed by atoms with Gasteiger partial charge >= 0.3 is 0 Å². The van der Waals surface area contributed by atoms with E-state index in [2.05, 4.69) is 10.0 Å². The van der Waals surface area contributed by atoms with E-state index >= 15 is 0 Å². The second-order valence-electron chi connectivity index (χ2n) is 9.49. The molecule has 0 spiro atoms. The fraction of sp³-hybridized carbons (Fsp3) is 0.167. The molecular formula is C30H30ClN3O5S2. The van der Waals surface area contributed by atoms with Crippen LogP contribution in [0.4, 0.5) is 17.1 Å². The Kier molecular flexibility index (Phi) is 9.06. The molecule has 214 valence electrons. The predicted molar refractivity (Wildman–Crippen MR) is 164 cm³/mol. The highest BCUT2D eigenvalue weighted by atomic mass is 35.5. The molecular weight excluding hydrogens is 582 g/mol. The summed E-state index contributed by atoms with van der Waals surface area (Å²) in [6.07, 6.45) is 0.783. The van der Waals surface area contributed by atoms with Crippen LogP contribution in [-0.2, 0) is 31.3 Å². The lowest BCUT2D eigenvalue weighted by Crippen LogP contribution is -2.38. The molecule has 2 N–H and O–H groups in total. The van der Waals surface area contributed by atoms with Gasteiger partial charge in [0.25, 0.3) is 20.0 Å². The van der Waals surface area contributed by atoms with Crippen LogP contribution in [0.3, 0.4) is 0 Å². The lowest BCUT2D eigenvalue weighted by Gasteiger charge is -2.24. The number of carbonyl (C=O) groups excluding carboxylic acids is 1. The Balaban J connectivity index is 1.53. The number of halogens is 1. The molecule has 0 atom stereocenters. The van der Waals surface area contributed by atoms with Crippen molar-refractivity contribution < 1.29 is 21.6 Å². The highest BCUT2D eigenvalue weighted by Gasteiger charge is 2.27. The molecule has 0 aromatic heterocycles. The molecule has 0 fully saturated rings. The fourth-order valence-corrected chi connectivity index (χ4v) is 6.62. The lowest BCUT2D eigenvalue weighted by atomic mass is 10.1. The Morgan fingerprint density at radius 2 is 1.37 bits per heavy atom. The number of hydrogen-bond acceptors (Lipinski definition) is 5. The van der Waals surface area contributed by atoms with Crippen LogP contribution in [0, 0.1) is 13.8 Å². The summed E-state index contributed by atoms with van der Waals surface area (Å²) < 4.78 is 56.4. The van der Waals surface area contributed by atoms with Crippen molar-refractivity contribution in [3.8, 4) is 0 Å². The van der Waals surface area contributed by atoms with Gasteiger partial charge in [-0.2, -0.15) is 0 Å². The van der Waals surface area contributed by atoms with Crippen molar-refractivity contribution in [2.45, 2.75) is 37.0 Å². The van der Waals surface area contributed by atoms with Gasteiger partial charge in [-0.1, -0.05) is 54.4 Å². The van der Waals surface area contributed by atoms with E-state index < -0.39 is 32.5 Å². The molecule has 41 heavy (non-hydrogen) atoms. The second kappa shape index (κ2) is 12.3. The van der Waals surface area contributed by atoms with E-state index in [4.69, 9.17) is 11.6 Å². The summed E-state index contributed by atoms with van der Waals surface area (Å²) >= 11 is 6.10. The maximum atomic E-state index is 13.6. The van der Waals surface area contributed by atoms with Gasteiger partial charge in [-0.3, -0.25) is 13.8 Å². The largest absolute Gasteiger partial charge is 0.325 e. The van der Waals surface area contributed by atoms with Crippen LogP contribution >= 0.6 is 11.6 Å². The third-order valence-electron chi connectivity index (χ3n) is 6.40. The lowest BCUT2D eigenvalue weighted by molar-refractivity contribution is -0.114. The van der Waals surface area contributed by atoms with Gasteiger partial charge < -0.3 is 5.32 Å². The van der Waals surface area contributed by atoms with Gasteiger partial charge in [-0.05, 0) is 92.1 Å².